The molecule has 2 rings (SSSR count). The highest BCUT2D eigenvalue weighted by Gasteiger charge is 2.19. The number of nitrogens with one attached hydrogen (secondary N) is 1. The summed E-state index contributed by atoms with van der Waals surface area (Å²) in [7, 11) is 3.06. The number of amides is 1. The van der Waals surface area contributed by atoms with Gasteiger partial charge in [0, 0.05) is 6.54 Å². The third kappa shape index (κ3) is 5.40. The molecule has 0 atom stereocenters. The zero-order valence-electron chi connectivity index (χ0n) is 14.9. The summed E-state index contributed by atoms with van der Waals surface area (Å²) in [5.41, 5.74) is 0.0778. The molecule has 2 aromatic carbocycles. The highest BCUT2D eigenvalue weighted by atomic mass is 19.1. The summed E-state index contributed by atoms with van der Waals surface area (Å²) in [6.07, 6.45) is 0.502. The number of carbonyl (C=O) groups excluding carboxylic acids is 2. The summed E-state index contributed by atoms with van der Waals surface area (Å²) >= 11 is 0. The molecule has 0 saturated heterocycles. The average Bonchev–Trinajstić information content (AvgIpc) is 2.66. The minimum Gasteiger partial charge on any atom is -0.493 e. The predicted octanol–water partition coefficient (Wildman–Crippen LogP) is 2.50. The van der Waals surface area contributed by atoms with E-state index in [0.29, 0.717) is 17.9 Å². The number of ether oxygens (including phenoxy) is 3. The Balaban J connectivity index is 1.81. The number of methoxy groups -OCH3 is 2. The van der Waals surface area contributed by atoms with Gasteiger partial charge in [0.1, 0.15) is 17.2 Å². The molecule has 0 unspecified atom stereocenters. The molecule has 144 valence electrons. The van der Waals surface area contributed by atoms with Crippen molar-refractivity contribution in [3.63, 3.8) is 0 Å². The van der Waals surface area contributed by atoms with Crippen molar-refractivity contribution in [2.75, 3.05) is 27.4 Å². The van der Waals surface area contributed by atoms with Crippen molar-refractivity contribution in [3.05, 3.63) is 59.2 Å². The summed E-state index contributed by atoms with van der Waals surface area (Å²) in [6, 6.07) is 8.36. The highest BCUT2D eigenvalue weighted by molar-refractivity contribution is 5.91. The Hall–Kier alpha value is -3.16. The maximum Gasteiger partial charge on any atom is 0.344 e. The van der Waals surface area contributed by atoms with Crippen molar-refractivity contribution in [2.24, 2.45) is 0 Å². The molecule has 1 N–H and O–H groups in total. The van der Waals surface area contributed by atoms with E-state index in [1.165, 1.54) is 14.2 Å². The van der Waals surface area contributed by atoms with Crippen molar-refractivity contribution in [3.8, 4) is 11.5 Å². The summed E-state index contributed by atoms with van der Waals surface area (Å²) in [5, 5.41) is 2.56. The zero-order valence-corrected chi connectivity index (χ0v) is 14.9. The fourth-order valence-electron chi connectivity index (χ4n) is 2.33. The van der Waals surface area contributed by atoms with Gasteiger partial charge in [-0.05, 0) is 36.2 Å². The Bertz CT molecular complexity index is 805. The predicted molar refractivity (Wildman–Crippen MR) is 92.9 cm³/mol. The van der Waals surface area contributed by atoms with Crippen LogP contribution in [0.1, 0.15) is 15.9 Å². The second kappa shape index (κ2) is 9.51. The third-order valence-electron chi connectivity index (χ3n) is 3.69. The quantitative estimate of drug-likeness (QED) is 0.714. The summed E-state index contributed by atoms with van der Waals surface area (Å²) in [5.74, 6) is -2.75. The molecule has 27 heavy (non-hydrogen) atoms. The molecule has 1 amide bonds. The molecule has 8 heteroatoms. The Morgan fingerprint density at radius 3 is 2.30 bits per heavy atom. The summed E-state index contributed by atoms with van der Waals surface area (Å²) < 4.78 is 41.9. The van der Waals surface area contributed by atoms with E-state index in [4.69, 9.17) is 9.47 Å². The van der Waals surface area contributed by atoms with Crippen molar-refractivity contribution in [2.45, 2.75) is 6.42 Å². The maximum absolute atomic E-state index is 13.5. The molecule has 0 aliphatic carbocycles. The van der Waals surface area contributed by atoms with E-state index in [1.807, 2.05) is 6.07 Å². The zero-order chi connectivity index (χ0) is 19.8. The van der Waals surface area contributed by atoms with Crippen LogP contribution < -0.4 is 14.8 Å². The molecule has 0 fully saturated rings. The molecule has 0 bridgehead atoms. The fourth-order valence-corrected chi connectivity index (χ4v) is 2.33. The Kier molecular flexibility index (Phi) is 7.10. The smallest absolute Gasteiger partial charge is 0.344 e. The molecule has 2 aromatic rings. The highest BCUT2D eigenvalue weighted by Crippen LogP contribution is 2.27. The average molecular weight is 379 g/mol. The first-order valence-electron chi connectivity index (χ1n) is 8.05. The number of esters is 1. The summed E-state index contributed by atoms with van der Waals surface area (Å²) in [4.78, 5) is 23.5. The fraction of sp³-hybridized carbons (Fsp3) is 0.263. The minimum atomic E-state index is -1.24. The molecule has 0 aliphatic rings. The van der Waals surface area contributed by atoms with Gasteiger partial charge in [0.15, 0.2) is 18.1 Å². The molecule has 0 saturated carbocycles. The molecular formula is C19H19F2NO5. The van der Waals surface area contributed by atoms with E-state index in [0.717, 1.165) is 23.8 Å². The normalized spacial score (nSPS) is 10.2. The van der Waals surface area contributed by atoms with Crippen LogP contribution in [0.15, 0.2) is 36.4 Å². The third-order valence-corrected chi connectivity index (χ3v) is 3.69. The van der Waals surface area contributed by atoms with Crippen LogP contribution in [0.4, 0.5) is 8.78 Å². The molecule has 0 heterocycles. The number of hydrogen-bond acceptors (Lipinski definition) is 5. The number of rotatable bonds is 8. The molecular weight excluding hydrogens is 360 g/mol. The van der Waals surface area contributed by atoms with Gasteiger partial charge in [0.05, 0.1) is 14.2 Å². The second-order valence-corrected chi connectivity index (χ2v) is 5.46. The van der Waals surface area contributed by atoms with Crippen molar-refractivity contribution in [1.29, 1.82) is 0 Å². The van der Waals surface area contributed by atoms with Crippen molar-refractivity contribution < 1.29 is 32.6 Å². The van der Waals surface area contributed by atoms with E-state index < -0.39 is 35.7 Å². The minimum absolute atomic E-state index is 0.278. The number of halogens is 2. The molecule has 0 spiro atoms. The van der Waals surface area contributed by atoms with Crippen LogP contribution in [0.2, 0.25) is 0 Å². The molecule has 6 nitrogen and oxygen atoms in total. The first-order valence-corrected chi connectivity index (χ1v) is 8.05. The molecule has 0 aromatic heterocycles. The van der Waals surface area contributed by atoms with Crippen molar-refractivity contribution >= 4 is 11.9 Å². The van der Waals surface area contributed by atoms with Gasteiger partial charge in [0.25, 0.3) is 5.91 Å². The Morgan fingerprint density at radius 1 is 1.00 bits per heavy atom. The number of carbonyl (C=O) groups is 2. The largest absolute Gasteiger partial charge is 0.493 e. The van der Waals surface area contributed by atoms with Crippen LogP contribution in [0, 0.1) is 11.6 Å². The van der Waals surface area contributed by atoms with Crippen LogP contribution in [-0.2, 0) is 16.0 Å². The van der Waals surface area contributed by atoms with E-state index in [9.17, 15) is 18.4 Å². The van der Waals surface area contributed by atoms with Crippen LogP contribution in [0.3, 0.4) is 0 Å². The van der Waals surface area contributed by atoms with Gasteiger partial charge in [-0.2, -0.15) is 0 Å². The topological polar surface area (TPSA) is 73.9 Å². The van der Waals surface area contributed by atoms with Gasteiger partial charge in [0.2, 0.25) is 0 Å². The first-order chi connectivity index (χ1) is 13.0. The number of benzene rings is 2. The lowest BCUT2D eigenvalue weighted by Gasteiger charge is -2.10. The van der Waals surface area contributed by atoms with Crippen molar-refractivity contribution in [1.82, 2.24) is 5.32 Å². The molecule has 0 radical (unpaired) electrons. The van der Waals surface area contributed by atoms with E-state index >= 15 is 0 Å². The van der Waals surface area contributed by atoms with Crippen LogP contribution in [0.25, 0.3) is 0 Å². The van der Waals surface area contributed by atoms with E-state index in [-0.39, 0.29) is 6.54 Å². The summed E-state index contributed by atoms with van der Waals surface area (Å²) in [6.45, 7) is -0.363. The standard InChI is InChI=1S/C19H19F2NO5/c1-25-15-7-6-12(10-16(15)26-2)8-9-22-17(23)11-27-19(24)18-13(20)4-3-5-14(18)21/h3-7,10H,8-9,11H2,1-2H3,(H,22,23). The molecule has 0 aliphatic heterocycles. The lowest BCUT2D eigenvalue weighted by molar-refractivity contribution is -0.124. The Morgan fingerprint density at radius 2 is 1.67 bits per heavy atom. The van der Waals surface area contributed by atoms with Gasteiger partial charge >= 0.3 is 5.97 Å². The lowest BCUT2D eigenvalue weighted by atomic mass is 10.1. The van der Waals surface area contributed by atoms with E-state index in [2.05, 4.69) is 10.1 Å². The van der Waals surface area contributed by atoms with Crippen LogP contribution >= 0.6 is 0 Å². The van der Waals surface area contributed by atoms with E-state index in [1.54, 1.807) is 12.1 Å². The number of hydrogen-bond donors (Lipinski definition) is 1. The van der Waals surface area contributed by atoms with Crippen LogP contribution in [0.5, 0.6) is 11.5 Å². The second-order valence-electron chi connectivity index (χ2n) is 5.46. The monoisotopic (exact) mass is 379 g/mol. The maximum atomic E-state index is 13.5. The first kappa shape index (κ1) is 20.2. The van der Waals surface area contributed by atoms with Gasteiger partial charge in [-0.15, -0.1) is 0 Å². The Labute approximate surface area is 155 Å². The van der Waals surface area contributed by atoms with Gasteiger partial charge in [-0.3, -0.25) is 4.79 Å². The van der Waals surface area contributed by atoms with Gasteiger partial charge in [-0.25, -0.2) is 13.6 Å². The lowest BCUT2D eigenvalue weighted by Crippen LogP contribution is -2.30. The van der Waals surface area contributed by atoms with Gasteiger partial charge in [-0.1, -0.05) is 12.1 Å². The van der Waals surface area contributed by atoms with Gasteiger partial charge < -0.3 is 19.5 Å². The van der Waals surface area contributed by atoms with Crippen LogP contribution in [-0.4, -0.2) is 39.2 Å². The SMILES string of the molecule is COc1ccc(CCNC(=O)COC(=O)c2c(F)cccc2F)cc1OC.